The smallest absolute Gasteiger partial charge is 0.357 e. The van der Waals surface area contributed by atoms with Crippen molar-refractivity contribution < 1.29 is 22.8 Å². The van der Waals surface area contributed by atoms with Crippen LogP contribution in [0.3, 0.4) is 0 Å². The first kappa shape index (κ1) is 19.4. The number of pyridine rings is 1. The fourth-order valence-electron chi connectivity index (χ4n) is 4.71. The van der Waals surface area contributed by atoms with E-state index in [1.807, 2.05) is 9.80 Å². The molecule has 1 atom stereocenters. The molecule has 3 fully saturated rings. The summed E-state index contributed by atoms with van der Waals surface area (Å²) in [7, 11) is 0. The van der Waals surface area contributed by atoms with Crippen molar-refractivity contribution in [3.05, 3.63) is 29.6 Å². The summed E-state index contributed by atoms with van der Waals surface area (Å²) in [5.41, 5.74) is 0.858. The molecular formula is C21H23F3N4O2. The van der Waals surface area contributed by atoms with E-state index in [4.69, 9.17) is 0 Å². The van der Waals surface area contributed by atoms with Crippen LogP contribution >= 0.6 is 0 Å². The Morgan fingerprint density at radius 3 is 2.53 bits per heavy atom. The topological polar surface area (TPSA) is 69.3 Å². The number of fused-ring (bicyclic) bond motifs is 1. The zero-order chi connectivity index (χ0) is 21.0. The Morgan fingerprint density at radius 2 is 1.87 bits per heavy atom. The SMILES string of the molecule is O=C([C@H]1CC(=O)N(C2CC2)C1)N1CCC(c2cc3nc(C(F)(F)F)ccc3[nH]2)CC1. The summed E-state index contributed by atoms with van der Waals surface area (Å²) in [4.78, 5) is 35.6. The lowest BCUT2D eigenvalue weighted by atomic mass is 9.92. The molecule has 0 bridgehead atoms. The van der Waals surface area contributed by atoms with Gasteiger partial charge < -0.3 is 14.8 Å². The minimum atomic E-state index is -4.46. The molecule has 30 heavy (non-hydrogen) atoms. The number of carbonyl (C=O) groups is 2. The van der Waals surface area contributed by atoms with Crippen LogP contribution in [0.25, 0.3) is 11.0 Å². The number of aromatic nitrogens is 2. The quantitative estimate of drug-likeness (QED) is 0.829. The van der Waals surface area contributed by atoms with Crippen LogP contribution in [0.15, 0.2) is 18.2 Å². The lowest BCUT2D eigenvalue weighted by Gasteiger charge is -2.33. The van der Waals surface area contributed by atoms with Crippen LogP contribution in [0, 0.1) is 5.92 Å². The number of hydrogen-bond donors (Lipinski definition) is 1. The van der Waals surface area contributed by atoms with E-state index in [1.165, 1.54) is 6.07 Å². The highest BCUT2D eigenvalue weighted by atomic mass is 19.4. The van der Waals surface area contributed by atoms with Crippen molar-refractivity contribution in [1.29, 1.82) is 0 Å². The average Bonchev–Trinajstić information content (AvgIpc) is 3.35. The van der Waals surface area contributed by atoms with Gasteiger partial charge in [0.1, 0.15) is 5.69 Å². The first-order chi connectivity index (χ1) is 14.3. The lowest BCUT2D eigenvalue weighted by molar-refractivity contribution is -0.141. The lowest BCUT2D eigenvalue weighted by Crippen LogP contribution is -2.42. The van der Waals surface area contributed by atoms with Crippen molar-refractivity contribution in [2.45, 2.75) is 50.2 Å². The number of likely N-dealkylation sites (tertiary alicyclic amines) is 2. The maximum Gasteiger partial charge on any atom is 0.433 e. The molecule has 0 aromatic carbocycles. The van der Waals surface area contributed by atoms with Crippen molar-refractivity contribution >= 4 is 22.8 Å². The van der Waals surface area contributed by atoms with Gasteiger partial charge in [0, 0.05) is 43.7 Å². The predicted octanol–water partition coefficient (Wildman–Crippen LogP) is 3.30. The number of piperidine rings is 1. The molecule has 1 N–H and O–H groups in total. The van der Waals surface area contributed by atoms with E-state index in [2.05, 4.69) is 9.97 Å². The number of rotatable bonds is 3. The molecule has 1 saturated carbocycles. The van der Waals surface area contributed by atoms with Gasteiger partial charge in [-0.05, 0) is 43.9 Å². The summed E-state index contributed by atoms with van der Waals surface area (Å²) in [5, 5.41) is 0. The van der Waals surface area contributed by atoms with Crippen molar-refractivity contribution in [2.24, 2.45) is 5.92 Å². The number of hydrogen-bond acceptors (Lipinski definition) is 3. The van der Waals surface area contributed by atoms with Crippen molar-refractivity contribution in [1.82, 2.24) is 19.8 Å². The molecule has 6 nitrogen and oxygen atoms in total. The maximum atomic E-state index is 12.9. The summed E-state index contributed by atoms with van der Waals surface area (Å²) in [6, 6.07) is 4.43. The van der Waals surface area contributed by atoms with E-state index in [0.29, 0.717) is 43.1 Å². The van der Waals surface area contributed by atoms with E-state index >= 15 is 0 Å². The fraction of sp³-hybridized carbons (Fsp3) is 0.571. The van der Waals surface area contributed by atoms with Gasteiger partial charge in [0.15, 0.2) is 0 Å². The highest BCUT2D eigenvalue weighted by Crippen LogP contribution is 2.35. The van der Waals surface area contributed by atoms with Crippen molar-refractivity contribution in [2.75, 3.05) is 19.6 Å². The third-order valence-electron chi connectivity index (χ3n) is 6.53. The predicted molar refractivity (Wildman–Crippen MR) is 102 cm³/mol. The highest BCUT2D eigenvalue weighted by molar-refractivity contribution is 5.89. The molecule has 2 aromatic rings. The minimum Gasteiger partial charge on any atom is -0.357 e. The van der Waals surface area contributed by atoms with Gasteiger partial charge in [0.05, 0.1) is 17.0 Å². The van der Waals surface area contributed by atoms with Gasteiger partial charge in [-0.25, -0.2) is 4.98 Å². The molecule has 0 unspecified atom stereocenters. The zero-order valence-corrected chi connectivity index (χ0v) is 16.4. The summed E-state index contributed by atoms with van der Waals surface area (Å²) in [6.07, 6.45) is -0.600. The third-order valence-corrected chi connectivity index (χ3v) is 6.53. The summed E-state index contributed by atoms with van der Waals surface area (Å²) in [5.74, 6) is 0.0473. The van der Waals surface area contributed by atoms with Crippen LogP contribution in [-0.2, 0) is 15.8 Å². The molecule has 9 heteroatoms. The van der Waals surface area contributed by atoms with Crippen molar-refractivity contribution in [3.63, 3.8) is 0 Å². The molecule has 2 aromatic heterocycles. The largest absolute Gasteiger partial charge is 0.433 e. The minimum absolute atomic E-state index is 0.0538. The first-order valence-corrected chi connectivity index (χ1v) is 10.4. The van der Waals surface area contributed by atoms with Gasteiger partial charge in [0.2, 0.25) is 11.8 Å². The van der Waals surface area contributed by atoms with Gasteiger partial charge in [-0.15, -0.1) is 0 Å². The van der Waals surface area contributed by atoms with Crippen LogP contribution in [0.1, 0.15) is 49.4 Å². The molecule has 1 aliphatic carbocycles. The van der Waals surface area contributed by atoms with E-state index < -0.39 is 11.9 Å². The number of alkyl halides is 3. The fourth-order valence-corrected chi connectivity index (χ4v) is 4.71. The number of halogens is 3. The van der Waals surface area contributed by atoms with E-state index in [0.717, 1.165) is 37.4 Å². The highest BCUT2D eigenvalue weighted by Gasteiger charge is 2.43. The van der Waals surface area contributed by atoms with Gasteiger partial charge >= 0.3 is 6.18 Å². The second-order valence-corrected chi connectivity index (χ2v) is 8.63. The molecule has 0 radical (unpaired) electrons. The van der Waals surface area contributed by atoms with Gasteiger partial charge in [0.25, 0.3) is 0 Å². The van der Waals surface area contributed by atoms with Crippen LogP contribution in [0.5, 0.6) is 0 Å². The maximum absolute atomic E-state index is 12.9. The first-order valence-electron chi connectivity index (χ1n) is 10.4. The van der Waals surface area contributed by atoms with Crippen LogP contribution in [0.4, 0.5) is 13.2 Å². The van der Waals surface area contributed by atoms with Crippen LogP contribution in [-0.4, -0.2) is 57.3 Å². The Hall–Kier alpha value is -2.58. The van der Waals surface area contributed by atoms with Gasteiger partial charge in [-0.2, -0.15) is 13.2 Å². The molecule has 2 amide bonds. The standard InChI is InChI=1S/C21H23F3N4O2/c22-21(23,24)18-4-3-15-17(26-18)10-16(25-15)12-5-7-27(8-6-12)20(30)13-9-19(29)28(11-13)14-1-2-14/h3-4,10,12-14,25H,1-2,5-9,11H2/t13-/m0/s1. The Balaban J connectivity index is 1.22. The summed E-state index contributed by atoms with van der Waals surface area (Å²) >= 11 is 0. The molecule has 5 rings (SSSR count). The monoisotopic (exact) mass is 420 g/mol. The molecule has 2 aliphatic heterocycles. The Bertz CT molecular complexity index is 990. The number of aromatic amines is 1. The number of H-pyrrole nitrogens is 1. The van der Waals surface area contributed by atoms with Crippen molar-refractivity contribution in [3.8, 4) is 0 Å². The van der Waals surface area contributed by atoms with Crippen LogP contribution < -0.4 is 0 Å². The second kappa shape index (κ2) is 6.99. The van der Waals surface area contributed by atoms with E-state index in [1.54, 1.807) is 6.07 Å². The average molecular weight is 420 g/mol. The third kappa shape index (κ3) is 3.54. The molecule has 160 valence electrons. The normalized spacial score (nSPS) is 23.6. The summed E-state index contributed by atoms with van der Waals surface area (Å²) in [6.45, 7) is 1.72. The Kier molecular flexibility index (Phi) is 4.52. The Labute approximate surface area is 171 Å². The Morgan fingerprint density at radius 1 is 1.13 bits per heavy atom. The van der Waals surface area contributed by atoms with Gasteiger partial charge in [-0.1, -0.05) is 0 Å². The number of nitrogens with zero attached hydrogens (tertiary/aromatic N) is 3. The summed E-state index contributed by atoms with van der Waals surface area (Å²) < 4.78 is 38.7. The molecule has 3 aliphatic rings. The van der Waals surface area contributed by atoms with E-state index in [-0.39, 0.29) is 23.7 Å². The molecule has 4 heterocycles. The van der Waals surface area contributed by atoms with Gasteiger partial charge in [-0.3, -0.25) is 9.59 Å². The molecular weight excluding hydrogens is 397 g/mol. The number of amides is 2. The number of carbonyl (C=O) groups excluding carboxylic acids is 2. The van der Waals surface area contributed by atoms with Crippen LogP contribution in [0.2, 0.25) is 0 Å². The zero-order valence-electron chi connectivity index (χ0n) is 16.4. The molecule has 2 saturated heterocycles. The van der Waals surface area contributed by atoms with E-state index in [9.17, 15) is 22.8 Å². The second-order valence-electron chi connectivity index (χ2n) is 8.63. The molecule has 0 spiro atoms. The number of nitrogens with one attached hydrogen (secondary N) is 1.